The van der Waals surface area contributed by atoms with Gasteiger partial charge in [0.05, 0.1) is 11.6 Å². The lowest BCUT2D eigenvalue weighted by atomic mass is 9.95. The van der Waals surface area contributed by atoms with Crippen molar-refractivity contribution in [2.24, 2.45) is 0 Å². The Morgan fingerprint density at radius 2 is 1.67 bits per heavy atom. The quantitative estimate of drug-likeness (QED) is 0.179. The minimum atomic E-state index is -0.862. The predicted octanol–water partition coefficient (Wildman–Crippen LogP) is 6.13. The monoisotopic (exact) mass is 517 g/mol. The molecule has 1 N–H and O–H groups in total. The number of furan rings is 1. The van der Waals surface area contributed by atoms with E-state index in [1.165, 1.54) is 33.6 Å². The molecule has 0 saturated carbocycles. The van der Waals surface area contributed by atoms with Crippen molar-refractivity contribution in [2.45, 2.75) is 36.9 Å². The lowest BCUT2D eigenvalue weighted by Crippen LogP contribution is -2.31. The van der Waals surface area contributed by atoms with Crippen LogP contribution in [0.25, 0.3) is 0 Å². The van der Waals surface area contributed by atoms with Crippen molar-refractivity contribution in [3.8, 4) is 0 Å². The molecule has 2 aromatic carbocycles. The van der Waals surface area contributed by atoms with E-state index in [0.29, 0.717) is 26.5 Å². The molecule has 1 unspecified atom stereocenters. The van der Waals surface area contributed by atoms with Crippen LogP contribution in [0.4, 0.5) is 5.13 Å². The zero-order chi connectivity index (χ0) is 25.4. The normalized spacial score (nSPS) is 15.7. The van der Waals surface area contributed by atoms with Gasteiger partial charge in [0.2, 0.25) is 10.9 Å². The van der Waals surface area contributed by atoms with Gasteiger partial charge in [0.15, 0.2) is 15.9 Å². The highest BCUT2D eigenvalue weighted by Gasteiger charge is 2.46. The Hall–Kier alpha value is -3.69. The standard InChI is InChI=1S/C27H23N3O4S2/c1-15-4-9-18(10-5-15)14-35-27-29-28-26(36-27)30-22(19-11-6-16(2)7-12-19)21(24(32)25(30)33)23(31)20-13-8-17(3)34-20/h4-13,22,32H,14H2,1-3H3. The fourth-order valence-corrected chi connectivity index (χ4v) is 5.80. The second-order valence-corrected chi connectivity index (χ2v) is 10.8. The molecule has 4 aromatic rings. The summed E-state index contributed by atoms with van der Waals surface area (Å²) in [5, 5.41) is 19.7. The van der Waals surface area contributed by atoms with Gasteiger partial charge in [0, 0.05) is 5.75 Å². The third-order valence-corrected chi connectivity index (χ3v) is 8.02. The van der Waals surface area contributed by atoms with Gasteiger partial charge in [-0.2, -0.15) is 0 Å². The number of aromatic nitrogens is 2. The van der Waals surface area contributed by atoms with Crippen molar-refractivity contribution in [1.29, 1.82) is 0 Å². The molecule has 0 saturated heterocycles. The lowest BCUT2D eigenvalue weighted by Gasteiger charge is -2.23. The maximum absolute atomic E-state index is 13.4. The first-order valence-corrected chi connectivity index (χ1v) is 13.1. The number of aryl methyl sites for hydroxylation is 3. The van der Waals surface area contributed by atoms with E-state index >= 15 is 0 Å². The van der Waals surface area contributed by atoms with Crippen LogP contribution in [0.5, 0.6) is 0 Å². The smallest absolute Gasteiger partial charge is 0.296 e. The van der Waals surface area contributed by atoms with Crippen molar-refractivity contribution in [3.63, 3.8) is 0 Å². The minimum absolute atomic E-state index is 0.0396. The van der Waals surface area contributed by atoms with Gasteiger partial charge in [-0.3, -0.25) is 14.5 Å². The summed E-state index contributed by atoms with van der Waals surface area (Å²) in [7, 11) is 0. The second kappa shape index (κ2) is 9.75. The van der Waals surface area contributed by atoms with Gasteiger partial charge in [-0.05, 0) is 44.0 Å². The summed E-state index contributed by atoms with van der Waals surface area (Å²) < 4.78 is 6.20. The topological polar surface area (TPSA) is 96.5 Å². The minimum Gasteiger partial charge on any atom is -0.503 e. The molecule has 7 nitrogen and oxygen atoms in total. The van der Waals surface area contributed by atoms with Crippen LogP contribution in [0.3, 0.4) is 0 Å². The van der Waals surface area contributed by atoms with Crippen LogP contribution in [0.1, 0.15) is 44.6 Å². The van der Waals surface area contributed by atoms with E-state index in [1.807, 2.05) is 38.1 Å². The van der Waals surface area contributed by atoms with Crippen molar-refractivity contribution in [3.05, 3.63) is 106 Å². The Morgan fingerprint density at radius 3 is 2.31 bits per heavy atom. The highest BCUT2D eigenvalue weighted by molar-refractivity contribution is 8.00. The van der Waals surface area contributed by atoms with E-state index in [0.717, 1.165) is 11.1 Å². The van der Waals surface area contributed by atoms with Gasteiger partial charge in [0.25, 0.3) is 5.91 Å². The van der Waals surface area contributed by atoms with Gasteiger partial charge < -0.3 is 9.52 Å². The van der Waals surface area contributed by atoms with Gasteiger partial charge in [-0.1, -0.05) is 82.8 Å². The number of hydrogen-bond acceptors (Lipinski definition) is 8. The van der Waals surface area contributed by atoms with Crippen molar-refractivity contribution >= 4 is 39.9 Å². The largest absolute Gasteiger partial charge is 0.503 e. The van der Waals surface area contributed by atoms with Crippen LogP contribution in [0.2, 0.25) is 0 Å². The summed E-state index contributed by atoms with van der Waals surface area (Å²) in [5.41, 5.74) is 4.01. The zero-order valence-electron chi connectivity index (χ0n) is 19.9. The Labute approximate surface area is 216 Å². The number of aliphatic hydroxyl groups excluding tert-OH is 1. The number of ketones is 1. The van der Waals surface area contributed by atoms with Crippen LogP contribution in [0, 0.1) is 20.8 Å². The fraction of sp³-hybridized carbons (Fsp3) is 0.185. The highest BCUT2D eigenvalue weighted by Crippen LogP contribution is 2.44. The molecule has 2 aromatic heterocycles. The average molecular weight is 518 g/mol. The number of aliphatic hydroxyl groups is 1. The van der Waals surface area contributed by atoms with E-state index in [-0.39, 0.29) is 11.3 Å². The van der Waals surface area contributed by atoms with Crippen LogP contribution >= 0.6 is 23.1 Å². The number of carbonyl (C=O) groups is 2. The second-order valence-electron chi connectivity index (χ2n) is 8.61. The predicted molar refractivity (Wildman–Crippen MR) is 139 cm³/mol. The molecular weight excluding hydrogens is 494 g/mol. The van der Waals surface area contributed by atoms with Gasteiger partial charge in [-0.25, -0.2) is 0 Å². The van der Waals surface area contributed by atoms with Crippen molar-refractivity contribution in [1.82, 2.24) is 10.2 Å². The van der Waals surface area contributed by atoms with Gasteiger partial charge in [-0.15, -0.1) is 10.2 Å². The Morgan fingerprint density at radius 1 is 1.00 bits per heavy atom. The highest BCUT2D eigenvalue weighted by atomic mass is 32.2. The van der Waals surface area contributed by atoms with Crippen LogP contribution < -0.4 is 4.90 Å². The molecule has 1 atom stereocenters. The van der Waals surface area contributed by atoms with Crippen molar-refractivity contribution < 1.29 is 19.1 Å². The summed E-state index contributed by atoms with van der Waals surface area (Å²) in [6, 6.07) is 18.1. The van der Waals surface area contributed by atoms with Crippen LogP contribution in [-0.2, 0) is 10.5 Å². The first kappa shape index (κ1) is 24.0. The van der Waals surface area contributed by atoms with Crippen molar-refractivity contribution in [2.75, 3.05) is 4.90 Å². The average Bonchev–Trinajstić information content (AvgIpc) is 3.58. The molecule has 0 radical (unpaired) electrons. The molecular formula is C27H23N3O4S2. The summed E-state index contributed by atoms with van der Waals surface area (Å²) in [5.74, 6) is -0.518. The number of thioether (sulfide) groups is 1. The van der Waals surface area contributed by atoms with E-state index in [2.05, 4.69) is 34.5 Å². The fourth-order valence-electron chi connectivity index (χ4n) is 3.98. The number of rotatable bonds is 7. The number of carbonyl (C=O) groups excluding carboxylic acids is 2. The van der Waals surface area contributed by atoms with E-state index in [1.54, 1.807) is 19.1 Å². The molecule has 0 fully saturated rings. The maximum Gasteiger partial charge on any atom is 0.296 e. The molecule has 36 heavy (non-hydrogen) atoms. The first-order chi connectivity index (χ1) is 17.3. The van der Waals surface area contributed by atoms with Gasteiger partial charge in [0.1, 0.15) is 5.76 Å². The molecule has 3 heterocycles. The summed E-state index contributed by atoms with van der Waals surface area (Å²) in [6.45, 7) is 5.72. The third kappa shape index (κ3) is 4.59. The Bertz CT molecular complexity index is 1470. The Balaban J connectivity index is 1.48. The number of hydrogen-bond donors (Lipinski definition) is 1. The van der Waals surface area contributed by atoms with Crippen LogP contribution in [-0.4, -0.2) is 27.0 Å². The molecule has 182 valence electrons. The molecule has 9 heteroatoms. The molecule has 0 bridgehead atoms. The molecule has 0 spiro atoms. The SMILES string of the molecule is Cc1ccc(CSc2nnc(N3C(=O)C(O)=C(C(=O)c4ccc(C)o4)C3c3ccc(C)cc3)s2)cc1. The number of anilines is 1. The lowest BCUT2D eigenvalue weighted by molar-refractivity contribution is -0.117. The van der Waals surface area contributed by atoms with Crippen LogP contribution in [0.15, 0.2) is 80.8 Å². The molecule has 1 aliphatic heterocycles. The molecule has 1 aliphatic rings. The molecule has 1 amide bonds. The summed E-state index contributed by atoms with van der Waals surface area (Å²) in [6.07, 6.45) is 0. The number of amides is 1. The van der Waals surface area contributed by atoms with E-state index in [4.69, 9.17) is 4.42 Å². The first-order valence-electron chi connectivity index (χ1n) is 11.3. The summed E-state index contributed by atoms with van der Waals surface area (Å²) >= 11 is 2.76. The van der Waals surface area contributed by atoms with E-state index in [9.17, 15) is 14.7 Å². The molecule has 0 aliphatic carbocycles. The molecule has 5 rings (SSSR count). The Kier molecular flexibility index (Phi) is 6.51. The van der Waals surface area contributed by atoms with E-state index < -0.39 is 23.5 Å². The zero-order valence-corrected chi connectivity index (χ0v) is 21.5. The number of benzene rings is 2. The summed E-state index contributed by atoms with van der Waals surface area (Å²) in [4.78, 5) is 28.0. The number of nitrogens with zero attached hydrogens (tertiary/aromatic N) is 3. The van der Waals surface area contributed by atoms with Gasteiger partial charge >= 0.3 is 0 Å². The third-order valence-electron chi connectivity index (χ3n) is 5.89. The maximum atomic E-state index is 13.4. The number of Topliss-reactive ketones (excluding diaryl/α,β-unsaturated/α-hetero) is 1.